The van der Waals surface area contributed by atoms with Crippen molar-refractivity contribution >= 4 is 17.2 Å². The van der Waals surface area contributed by atoms with Crippen molar-refractivity contribution in [2.24, 2.45) is 5.73 Å². The molecule has 0 bridgehead atoms. The number of nitrogens with two attached hydrogens (primary N) is 1. The Bertz CT molecular complexity index is 259. The highest BCUT2D eigenvalue weighted by atomic mass is 32.1. The maximum Gasteiger partial charge on any atom is 0.225 e. The van der Waals surface area contributed by atoms with Gasteiger partial charge in [0.25, 0.3) is 0 Å². The van der Waals surface area contributed by atoms with E-state index in [0.29, 0.717) is 13.0 Å². The lowest BCUT2D eigenvalue weighted by Crippen LogP contribution is -2.38. The van der Waals surface area contributed by atoms with Crippen LogP contribution in [0.1, 0.15) is 11.8 Å². The minimum absolute atomic E-state index is 0.0420. The highest BCUT2D eigenvalue weighted by Crippen LogP contribution is 2.08. The average Bonchev–Trinajstić information content (AvgIpc) is 2.56. The second kappa shape index (κ2) is 4.99. The lowest BCUT2D eigenvalue weighted by atomic mass is 10.3. The van der Waals surface area contributed by atoms with Crippen LogP contribution in [0.3, 0.4) is 0 Å². The smallest absolute Gasteiger partial charge is 0.225 e. The number of carbonyl (C=O) groups excluding carboxylic acids is 1. The zero-order chi connectivity index (χ0) is 9.68. The molecule has 3 nitrogen and oxygen atoms in total. The van der Waals surface area contributed by atoms with Gasteiger partial charge in [-0.05, 0) is 18.4 Å². The van der Waals surface area contributed by atoms with Crippen molar-refractivity contribution in [3.8, 4) is 0 Å². The zero-order valence-electron chi connectivity index (χ0n) is 7.62. The van der Waals surface area contributed by atoms with E-state index < -0.39 is 0 Å². The summed E-state index contributed by atoms with van der Waals surface area (Å²) in [5, 5.41) is 4.78. The van der Waals surface area contributed by atoms with Gasteiger partial charge in [-0.1, -0.05) is 6.07 Å². The van der Waals surface area contributed by atoms with Crippen molar-refractivity contribution in [2.75, 3.05) is 6.54 Å². The van der Waals surface area contributed by atoms with Gasteiger partial charge in [0.2, 0.25) is 5.91 Å². The first-order chi connectivity index (χ1) is 6.22. The van der Waals surface area contributed by atoms with Gasteiger partial charge in [-0.25, -0.2) is 0 Å². The first kappa shape index (κ1) is 10.2. The van der Waals surface area contributed by atoms with Gasteiger partial charge < -0.3 is 11.1 Å². The topological polar surface area (TPSA) is 55.1 Å². The predicted octanol–water partition coefficient (Wildman–Crippen LogP) is 0.754. The van der Waals surface area contributed by atoms with Crippen molar-refractivity contribution in [2.45, 2.75) is 19.4 Å². The lowest BCUT2D eigenvalue weighted by molar-refractivity contribution is -0.120. The summed E-state index contributed by atoms with van der Waals surface area (Å²) in [6.45, 7) is 2.38. The molecule has 0 unspecified atom stereocenters. The molecule has 0 aromatic carbocycles. The summed E-state index contributed by atoms with van der Waals surface area (Å²) in [6.07, 6.45) is 0.460. The molecule has 1 heterocycles. The van der Waals surface area contributed by atoms with Crippen LogP contribution in [0.4, 0.5) is 0 Å². The van der Waals surface area contributed by atoms with Crippen LogP contribution < -0.4 is 11.1 Å². The number of hydrogen-bond donors (Lipinski definition) is 2. The molecule has 1 rings (SSSR count). The Morgan fingerprint density at radius 2 is 2.54 bits per heavy atom. The van der Waals surface area contributed by atoms with Crippen LogP contribution in [0, 0.1) is 0 Å². The summed E-state index contributed by atoms with van der Waals surface area (Å²) in [6, 6.07) is 3.96. The van der Waals surface area contributed by atoms with Gasteiger partial charge in [-0.15, -0.1) is 11.3 Å². The van der Waals surface area contributed by atoms with Crippen LogP contribution in [0.15, 0.2) is 17.5 Å². The van der Waals surface area contributed by atoms with E-state index in [1.54, 1.807) is 11.3 Å². The third-order valence-electron chi connectivity index (χ3n) is 1.68. The van der Waals surface area contributed by atoms with E-state index in [4.69, 9.17) is 5.73 Å². The molecule has 13 heavy (non-hydrogen) atoms. The SMILES string of the molecule is C[C@H](CN)NC(=O)Cc1cccs1. The maximum atomic E-state index is 11.3. The Morgan fingerprint density at radius 1 is 1.77 bits per heavy atom. The number of hydrogen-bond acceptors (Lipinski definition) is 3. The molecule has 1 amide bonds. The molecule has 3 N–H and O–H groups in total. The molecule has 1 aromatic heterocycles. The van der Waals surface area contributed by atoms with E-state index >= 15 is 0 Å². The molecular formula is C9H14N2OS. The first-order valence-electron chi connectivity index (χ1n) is 4.24. The van der Waals surface area contributed by atoms with Gasteiger partial charge in [-0.2, -0.15) is 0 Å². The standard InChI is InChI=1S/C9H14N2OS/c1-7(6-10)11-9(12)5-8-3-2-4-13-8/h2-4,7H,5-6,10H2,1H3,(H,11,12)/t7-/m1/s1. The minimum atomic E-state index is 0.0420. The Hall–Kier alpha value is -0.870. The molecule has 0 fully saturated rings. The van der Waals surface area contributed by atoms with Crippen LogP contribution >= 0.6 is 11.3 Å². The van der Waals surface area contributed by atoms with Gasteiger partial charge >= 0.3 is 0 Å². The van der Waals surface area contributed by atoms with Gasteiger partial charge in [0, 0.05) is 17.5 Å². The third-order valence-corrected chi connectivity index (χ3v) is 2.55. The molecule has 0 saturated heterocycles. The maximum absolute atomic E-state index is 11.3. The van der Waals surface area contributed by atoms with Gasteiger partial charge in [-0.3, -0.25) is 4.79 Å². The van der Waals surface area contributed by atoms with Crippen LogP contribution in [0.5, 0.6) is 0 Å². The highest BCUT2D eigenvalue weighted by Gasteiger charge is 2.06. The van der Waals surface area contributed by atoms with E-state index in [0.717, 1.165) is 4.88 Å². The third kappa shape index (κ3) is 3.57. The highest BCUT2D eigenvalue weighted by molar-refractivity contribution is 7.10. The molecule has 0 aliphatic carbocycles. The minimum Gasteiger partial charge on any atom is -0.352 e. The van der Waals surface area contributed by atoms with E-state index in [9.17, 15) is 4.79 Å². The van der Waals surface area contributed by atoms with Crippen LogP contribution in [0.25, 0.3) is 0 Å². The fourth-order valence-electron chi connectivity index (χ4n) is 0.956. The second-order valence-electron chi connectivity index (χ2n) is 2.96. The summed E-state index contributed by atoms with van der Waals surface area (Å²) in [5.74, 6) is 0.0420. The van der Waals surface area contributed by atoms with Gasteiger partial charge in [0.15, 0.2) is 0 Å². The Kier molecular flexibility index (Phi) is 3.92. The van der Waals surface area contributed by atoms with Crippen LogP contribution in [-0.4, -0.2) is 18.5 Å². The van der Waals surface area contributed by atoms with E-state index in [-0.39, 0.29) is 11.9 Å². The number of thiophene rings is 1. The van der Waals surface area contributed by atoms with E-state index in [1.165, 1.54) is 0 Å². The fraction of sp³-hybridized carbons (Fsp3) is 0.444. The molecule has 4 heteroatoms. The molecule has 1 aromatic rings. The van der Waals surface area contributed by atoms with Crippen molar-refractivity contribution in [3.05, 3.63) is 22.4 Å². The number of nitrogens with one attached hydrogen (secondary N) is 1. The van der Waals surface area contributed by atoms with Gasteiger partial charge in [0.1, 0.15) is 0 Å². The molecule has 0 saturated carbocycles. The Labute approximate surface area is 81.9 Å². The first-order valence-corrected chi connectivity index (χ1v) is 5.12. The van der Waals surface area contributed by atoms with E-state index in [1.807, 2.05) is 24.4 Å². The second-order valence-corrected chi connectivity index (χ2v) is 3.99. The molecule has 0 spiro atoms. The quantitative estimate of drug-likeness (QED) is 0.750. The molecule has 0 radical (unpaired) electrons. The number of carbonyl (C=O) groups is 1. The zero-order valence-corrected chi connectivity index (χ0v) is 8.43. The predicted molar refractivity (Wildman–Crippen MR) is 54.7 cm³/mol. The summed E-state index contributed by atoms with van der Waals surface area (Å²) in [7, 11) is 0. The molecule has 72 valence electrons. The van der Waals surface area contributed by atoms with E-state index in [2.05, 4.69) is 5.32 Å². The van der Waals surface area contributed by atoms with Crippen LogP contribution in [-0.2, 0) is 11.2 Å². The monoisotopic (exact) mass is 198 g/mol. The molecule has 0 aliphatic rings. The van der Waals surface area contributed by atoms with Crippen LogP contribution in [0.2, 0.25) is 0 Å². The van der Waals surface area contributed by atoms with Gasteiger partial charge in [0.05, 0.1) is 6.42 Å². The molecule has 0 aliphatic heterocycles. The number of amides is 1. The number of rotatable bonds is 4. The summed E-state index contributed by atoms with van der Waals surface area (Å²) in [4.78, 5) is 12.4. The van der Waals surface area contributed by atoms with Crippen molar-refractivity contribution in [1.82, 2.24) is 5.32 Å². The average molecular weight is 198 g/mol. The molecular weight excluding hydrogens is 184 g/mol. The largest absolute Gasteiger partial charge is 0.352 e. The Morgan fingerprint density at radius 3 is 3.08 bits per heavy atom. The Balaban J connectivity index is 2.34. The van der Waals surface area contributed by atoms with Crippen molar-refractivity contribution in [3.63, 3.8) is 0 Å². The van der Waals surface area contributed by atoms with Crippen molar-refractivity contribution < 1.29 is 4.79 Å². The summed E-state index contributed by atoms with van der Waals surface area (Å²) >= 11 is 1.59. The lowest BCUT2D eigenvalue weighted by Gasteiger charge is -2.10. The summed E-state index contributed by atoms with van der Waals surface area (Å²) < 4.78 is 0. The fourth-order valence-corrected chi connectivity index (χ4v) is 1.66. The summed E-state index contributed by atoms with van der Waals surface area (Å²) in [5.41, 5.74) is 5.38. The molecule has 1 atom stereocenters. The van der Waals surface area contributed by atoms with Crippen molar-refractivity contribution in [1.29, 1.82) is 0 Å². The normalized spacial score (nSPS) is 12.5.